The van der Waals surface area contributed by atoms with E-state index in [1.165, 1.54) is 0 Å². The van der Waals surface area contributed by atoms with Gasteiger partial charge in [0.25, 0.3) is 5.56 Å². The minimum Gasteiger partial charge on any atom is -0.497 e. The van der Waals surface area contributed by atoms with E-state index in [4.69, 9.17) is 4.74 Å². The largest absolute Gasteiger partial charge is 0.497 e. The summed E-state index contributed by atoms with van der Waals surface area (Å²) in [4.78, 5) is 12.3. The first kappa shape index (κ1) is 12.7. The van der Waals surface area contributed by atoms with Crippen molar-refractivity contribution in [1.82, 2.24) is 19.2 Å². The lowest BCUT2D eigenvalue weighted by molar-refractivity contribution is 0.415. The van der Waals surface area contributed by atoms with Crippen molar-refractivity contribution in [3.63, 3.8) is 0 Å². The first-order valence-corrected chi connectivity index (χ1v) is 6.46. The summed E-state index contributed by atoms with van der Waals surface area (Å²) in [6, 6.07) is 5.61. The maximum absolute atomic E-state index is 12.3. The molecule has 0 saturated heterocycles. The van der Waals surface area contributed by atoms with Crippen molar-refractivity contribution in [2.24, 2.45) is 7.05 Å². The van der Waals surface area contributed by atoms with Crippen molar-refractivity contribution in [1.29, 1.82) is 0 Å². The third-order valence-corrected chi connectivity index (χ3v) is 3.49. The van der Waals surface area contributed by atoms with Crippen molar-refractivity contribution >= 4 is 16.7 Å². The van der Waals surface area contributed by atoms with Gasteiger partial charge in [-0.15, -0.1) is 10.2 Å². The number of hydrogen-bond acceptors (Lipinski definition) is 4. The molecule has 20 heavy (non-hydrogen) atoms. The minimum atomic E-state index is -0.151. The van der Waals surface area contributed by atoms with Gasteiger partial charge in [-0.3, -0.25) is 9.20 Å². The summed E-state index contributed by atoms with van der Waals surface area (Å²) in [6.07, 6.45) is 0. The van der Waals surface area contributed by atoms with E-state index >= 15 is 0 Å². The maximum atomic E-state index is 12.3. The highest BCUT2D eigenvalue weighted by Gasteiger charge is 2.17. The lowest BCUT2D eigenvalue weighted by Gasteiger charge is -2.11. The van der Waals surface area contributed by atoms with Gasteiger partial charge < -0.3 is 9.30 Å². The lowest BCUT2D eigenvalue weighted by atomic mass is 10.2. The Morgan fingerprint density at radius 2 is 1.95 bits per heavy atom. The summed E-state index contributed by atoms with van der Waals surface area (Å²) < 4.78 is 8.69. The highest BCUT2D eigenvalue weighted by atomic mass is 16.5. The smallest absolute Gasteiger partial charge is 0.296 e. The molecule has 0 aliphatic rings. The van der Waals surface area contributed by atoms with Crippen LogP contribution in [0.4, 0.5) is 0 Å². The molecule has 0 N–H and O–H groups in total. The fourth-order valence-corrected chi connectivity index (χ4v) is 2.40. The first-order chi connectivity index (χ1) is 9.54. The molecule has 0 aliphatic heterocycles. The van der Waals surface area contributed by atoms with E-state index in [1.807, 2.05) is 36.4 Å². The fourth-order valence-electron chi connectivity index (χ4n) is 2.40. The van der Waals surface area contributed by atoms with Crippen molar-refractivity contribution in [2.45, 2.75) is 19.8 Å². The summed E-state index contributed by atoms with van der Waals surface area (Å²) in [5.41, 5.74) is 1.89. The summed E-state index contributed by atoms with van der Waals surface area (Å²) in [7, 11) is 3.36. The van der Waals surface area contributed by atoms with Crippen LogP contribution in [0.3, 0.4) is 0 Å². The second-order valence-electron chi connectivity index (χ2n) is 5.09. The van der Waals surface area contributed by atoms with Gasteiger partial charge >= 0.3 is 0 Å². The van der Waals surface area contributed by atoms with E-state index in [-0.39, 0.29) is 11.5 Å². The topological polar surface area (TPSA) is 61.4 Å². The molecule has 6 nitrogen and oxygen atoms in total. The Labute approximate surface area is 115 Å². The Hall–Kier alpha value is -2.37. The molecule has 3 aromatic rings. The van der Waals surface area contributed by atoms with Crippen LogP contribution in [0.1, 0.15) is 25.6 Å². The molecule has 2 aromatic heterocycles. The molecule has 0 fully saturated rings. The van der Waals surface area contributed by atoms with Gasteiger partial charge in [0.15, 0.2) is 0 Å². The molecule has 6 heteroatoms. The molecule has 2 heterocycles. The van der Waals surface area contributed by atoms with Crippen molar-refractivity contribution in [3.05, 3.63) is 34.4 Å². The van der Waals surface area contributed by atoms with Crippen molar-refractivity contribution in [3.8, 4) is 5.75 Å². The van der Waals surface area contributed by atoms with Crippen LogP contribution in [0, 0.1) is 0 Å². The number of aromatic nitrogens is 4. The summed E-state index contributed by atoms with van der Waals surface area (Å²) in [6.45, 7) is 4.06. The molecule has 0 aliphatic carbocycles. The van der Waals surface area contributed by atoms with Crippen molar-refractivity contribution < 1.29 is 4.74 Å². The Balaban J connectivity index is 2.59. The first-order valence-electron chi connectivity index (χ1n) is 6.46. The van der Waals surface area contributed by atoms with Crippen LogP contribution >= 0.6 is 0 Å². The molecule has 0 saturated carbocycles. The van der Waals surface area contributed by atoms with Gasteiger partial charge in [-0.05, 0) is 12.1 Å². The van der Waals surface area contributed by atoms with Crippen LogP contribution in [-0.2, 0) is 7.05 Å². The Morgan fingerprint density at radius 3 is 2.60 bits per heavy atom. The average Bonchev–Trinajstić information content (AvgIpc) is 2.89. The Kier molecular flexibility index (Phi) is 2.74. The quantitative estimate of drug-likeness (QED) is 0.712. The summed E-state index contributed by atoms with van der Waals surface area (Å²) >= 11 is 0. The summed E-state index contributed by atoms with van der Waals surface area (Å²) in [5.74, 6) is 1.68. The van der Waals surface area contributed by atoms with E-state index in [9.17, 15) is 4.79 Å². The number of ether oxygens (including phenoxy) is 1. The van der Waals surface area contributed by atoms with Gasteiger partial charge in [-0.1, -0.05) is 13.8 Å². The molecular weight excluding hydrogens is 256 g/mol. The third-order valence-electron chi connectivity index (χ3n) is 3.49. The van der Waals surface area contributed by atoms with Crippen LogP contribution in [0.2, 0.25) is 0 Å². The number of hydrogen-bond donors (Lipinski definition) is 0. The molecule has 0 spiro atoms. The SMILES string of the molecule is COc1ccc2c(c1)n1c(C(C)C)nnc1c(=O)n2C. The predicted octanol–water partition coefficient (Wildman–Crippen LogP) is 1.71. The van der Waals surface area contributed by atoms with E-state index in [0.29, 0.717) is 5.65 Å². The molecule has 0 radical (unpaired) electrons. The summed E-state index contributed by atoms with van der Waals surface area (Å²) in [5, 5.41) is 8.21. The van der Waals surface area contributed by atoms with Gasteiger partial charge in [-0.2, -0.15) is 0 Å². The number of benzene rings is 1. The molecule has 1 aromatic carbocycles. The molecule has 0 atom stereocenters. The predicted molar refractivity (Wildman–Crippen MR) is 76.4 cm³/mol. The van der Waals surface area contributed by atoms with Gasteiger partial charge in [0.2, 0.25) is 5.65 Å². The molecule has 3 rings (SSSR count). The minimum absolute atomic E-state index is 0.151. The van der Waals surface area contributed by atoms with Crippen LogP contribution in [0.5, 0.6) is 5.75 Å². The monoisotopic (exact) mass is 272 g/mol. The zero-order valence-electron chi connectivity index (χ0n) is 11.9. The fraction of sp³-hybridized carbons (Fsp3) is 0.357. The van der Waals surface area contributed by atoms with Crippen LogP contribution < -0.4 is 10.3 Å². The highest BCUT2D eigenvalue weighted by Crippen LogP contribution is 2.23. The number of aryl methyl sites for hydroxylation is 1. The molecule has 104 valence electrons. The zero-order chi connectivity index (χ0) is 14.4. The van der Waals surface area contributed by atoms with E-state index < -0.39 is 0 Å². The molecule has 0 bridgehead atoms. The number of nitrogens with zero attached hydrogens (tertiary/aromatic N) is 4. The lowest BCUT2D eigenvalue weighted by Crippen LogP contribution is -2.20. The standard InChI is InChI=1S/C14H16N4O2/c1-8(2)12-15-16-13-14(19)17(3)10-6-5-9(20-4)7-11(10)18(12)13/h5-8H,1-4H3. The highest BCUT2D eigenvalue weighted by molar-refractivity contribution is 5.80. The van der Waals surface area contributed by atoms with E-state index in [1.54, 1.807) is 18.7 Å². The van der Waals surface area contributed by atoms with Gasteiger partial charge in [-0.25, -0.2) is 0 Å². The van der Waals surface area contributed by atoms with Crippen LogP contribution in [0.15, 0.2) is 23.0 Å². The second kappa shape index (κ2) is 4.33. The number of rotatable bonds is 2. The third kappa shape index (κ3) is 1.61. The Morgan fingerprint density at radius 1 is 1.20 bits per heavy atom. The van der Waals surface area contributed by atoms with Gasteiger partial charge in [0.1, 0.15) is 11.6 Å². The van der Waals surface area contributed by atoms with Gasteiger partial charge in [0.05, 0.1) is 18.1 Å². The molecule has 0 unspecified atom stereocenters. The Bertz CT molecular complexity index is 861. The normalized spacial score (nSPS) is 11.7. The maximum Gasteiger partial charge on any atom is 0.296 e. The molecule has 0 amide bonds. The van der Waals surface area contributed by atoms with E-state index in [0.717, 1.165) is 22.6 Å². The van der Waals surface area contributed by atoms with Crippen LogP contribution in [0.25, 0.3) is 16.7 Å². The van der Waals surface area contributed by atoms with Gasteiger partial charge in [0, 0.05) is 19.0 Å². The van der Waals surface area contributed by atoms with E-state index in [2.05, 4.69) is 10.2 Å². The number of methoxy groups -OCH3 is 1. The van der Waals surface area contributed by atoms with Crippen LogP contribution in [-0.4, -0.2) is 26.3 Å². The zero-order valence-corrected chi connectivity index (χ0v) is 11.9. The van der Waals surface area contributed by atoms with Crippen molar-refractivity contribution in [2.75, 3.05) is 7.11 Å². The number of fused-ring (bicyclic) bond motifs is 3. The molecular formula is C14H16N4O2. The second-order valence-corrected chi connectivity index (χ2v) is 5.09. The average molecular weight is 272 g/mol.